The third-order valence-corrected chi connectivity index (χ3v) is 4.34. The molecule has 0 aliphatic carbocycles. The van der Waals surface area contributed by atoms with Crippen LogP contribution in [0.4, 0.5) is 5.95 Å². The van der Waals surface area contributed by atoms with Gasteiger partial charge in [-0.3, -0.25) is 0 Å². The van der Waals surface area contributed by atoms with Crippen molar-refractivity contribution < 1.29 is 0 Å². The minimum atomic E-state index is 0.351. The Balaban J connectivity index is 1.65. The van der Waals surface area contributed by atoms with Crippen molar-refractivity contribution in [3.05, 3.63) is 18.0 Å². The standard InChI is InChI=1S/C14H23N5/c1-18-5-2-11(10-18)12-8-16-14(17-9-12)19-6-3-13(15)4-7-19/h8-9,11,13H,2-7,10,15H2,1H3. The fraction of sp³-hybridized carbons (Fsp3) is 0.714. The molecular weight excluding hydrogens is 238 g/mol. The molecular formula is C14H23N5. The molecule has 2 N–H and O–H groups in total. The first kappa shape index (κ1) is 12.8. The van der Waals surface area contributed by atoms with Crippen LogP contribution in [0.2, 0.25) is 0 Å². The first-order valence-electron chi connectivity index (χ1n) is 7.23. The first-order valence-corrected chi connectivity index (χ1v) is 7.23. The van der Waals surface area contributed by atoms with Crippen LogP contribution in [0.15, 0.2) is 12.4 Å². The Kier molecular flexibility index (Phi) is 3.66. The molecule has 2 aliphatic heterocycles. The van der Waals surface area contributed by atoms with Gasteiger partial charge in [0, 0.05) is 44.0 Å². The summed E-state index contributed by atoms with van der Waals surface area (Å²) in [5.74, 6) is 1.47. The van der Waals surface area contributed by atoms with Gasteiger partial charge in [-0.05, 0) is 38.4 Å². The topological polar surface area (TPSA) is 58.3 Å². The molecule has 104 valence electrons. The minimum Gasteiger partial charge on any atom is -0.341 e. The summed E-state index contributed by atoms with van der Waals surface area (Å²) in [4.78, 5) is 13.7. The van der Waals surface area contributed by atoms with E-state index in [1.165, 1.54) is 18.5 Å². The summed E-state index contributed by atoms with van der Waals surface area (Å²) in [5.41, 5.74) is 7.20. The number of hydrogen-bond donors (Lipinski definition) is 1. The Bertz CT molecular complexity index is 410. The molecule has 1 atom stereocenters. The van der Waals surface area contributed by atoms with Crippen LogP contribution in [0.1, 0.15) is 30.7 Å². The van der Waals surface area contributed by atoms with Crippen molar-refractivity contribution in [2.75, 3.05) is 38.1 Å². The monoisotopic (exact) mass is 261 g/mol. The minimum absolute atomic E-state index is 0.351. The van der Waals surface area contributed by atoms with Crippen molar-refractivity contribution in [3.8, 4) is 0 Å². The van der Waals surface area contributed by atoms with Gasteiger partial charge in [0.15, 0.2) is 0 Å². The molecule has 0 amide bonds. The number of aromatic nitrogens is 2. The third-order valence-electron chi connectivity index (χ3n) is 4.34. The summed E-state index contributed by atoms with van der Waals surface area (Å²) in [7, 11) is 2.17. The van der Waals surface area contributed by atoms with Crippen LogP contribution in [-0.4, -0.2) is 54.1 Å². The van der Waals surface area contributed by atoms with Crippen molar-refractivity contribution >= 4 is 5.95 Å². The number of likely N-dealkylation sites (N-methyl/N-ethyl adjacent to an activating group) is 1. The summed E-state index contributed by atoms with van der Waals surface area (Å²) in [6, 6.07) is 0.351. The normalized spacial score (nSPS) is 26.0. The molecule has 2 saturated heterocycles. The van der Waals surface area contributed by atoms with E-state index in [0.717, 1.165) is 38.4 Å². The van der Waals surface area contributed by atoms with Gasteiger partial charge in [0.05, 0.1) is 0 Å². The molecule has 2 aliphatic rings. The highest BCUT2D eigenvalue weighted by molar-refractivity contribution is 5.31. The Labute approximate surface area is 114 Å². The Morgan fingerprint density at radius 1 is 1.11 bits per heavy atom. The van der Waals surface area contributed by atoms with Gasteiger partial charge in [0.25, 0.3) is 0 Å². The van der Waals surface area contributed by atoms with Gasteiger partial charge < -0.3 is 15.5 Å². The molecule has 0 bridgehead atoms. The van der Waals surface area contributed by atoms with Crippen LogP contribution in [0.3, 0.4) is 0 Å². The van der Waals surface area contributed by atoms with E-state index in [9.17, 15) is 0 Å². The van der Waals surface area contributed by atoms with Crippen LogP contribution in [0.25, 0.3) is 0 Å². The number of anilines is 1. The molecule has 1 aromatic heterocycles. The Morgan fingerprint density at radius 2 is 1.79 bits per heavy atom. The van der Waals surface area contributed by atoms with Gasteiger partial charge in [0.1, 0.15) is 0 Å². The molecule has 1 unspecified atom stereocenters. The SMILES string of the molecule is CN1CCC(c2cnc(N3CCC(N)CC3)nc2)C1. The highest BCUT2D eigenvalue weighted by atomic mass is 15.3. The molecule has 0 saturated carbocycles. The number of likely N-dealkylation sites (tertiary alicyclic amines) is 1. The lowest BCUT2D eigenvalue weighted by atomic mass is 10.0. The lowest BCUT2D eigenvalue weighted by Gasteiger charge is -2.30. The van der Waals surface area contributed by atoms with E-state index >= 15 is 0 Å². The van der Waals surface area contributed by atoms with Crippen LogP contribution in [0.5, 0.6) is 0 Å². The second-order valence-electron chi connectivity index (χ2n) is 5.89. The zero-order chi connectivity index (χ0) is 13.2. The van der Waals surface area contributed by atoms with Crippen molar-refractivity contribution in [2.24, 2.45) is 5.73 Å². The highest BCUT2D eigenvalue weighted by Crippen LogP contribution is 2.26. The maximum atomic E-state index is 5.92. The number of nitrogens with two attached hydrogens (primary N) is 1. The van der Waals surface area contributed by atoms with E-state index in [0.29, 0.717) is 12.0 Å². The zero-order valence-electron chi connectivity index (χ0n) is 11.6. The van der Waals surface area contributed by atoms with Gasteiger partial charge in [-0.1, -0.05) is 0 Å². The second kappa shape index (κ2) is 5.43. The fourth-order valence-electron chi connectivity index (χ4n) is 3.01. The summed E-state index contributed by atoms with van der Waals surface area (Å²) in [6.45, 7) is 4.26. The van der Waals surface area contributed by atoms with Crippen LogP contribution in [0, 0.1) is 0 Å². The molecule has 5 heteroatoms. The molecule has 0 aromatic carbocycles. The predicted molar refractivity (Wildman–Crippen MR) is 76.3 cm³/mol. The Hall–Kier alpha value is -1.20. The molecule has 1 aromatic rings. The van der Waals surface area contributed by atoms with E-state index in [1.54, 1.807) is 0 Å². The molecule has 0 spiro atoms. The molecule has 0 radical (unpaired) electrons. The van der Waals surface area contributed by atoms with Gasteiger partial charge >= 0.3 is 0 Å². The molecule has 3 rings (SSSR count). The van der Waals surface area contributed by atoms with E-state index in [2.05, 4.69) is 26.8 Å². The average molecular weight is 261 g/mol. The lowest BCUT2D eigenvalue weighted by Crippen LogP contribution is -2.40. The summed E-state index contributed by atoms with van der Waals surface area (Å²) >= 11 is 0. The van der Waals surface area contributed by atoms with Gasteiger partial charge in [-0.2, -0.15) is 0 Å². The van der Waals surface area contributed by atoms with Gasteiger partial charge in [-0.25, -0.2) is 9.97 Å². The largest absolute Gasteiger partial charge is 0.341 e. The molecule has 19 heavy (non-hydrogen) atoms. The van der Waals surface area contributed by atoms with Crippen molar-refractivity contribution in [2.45, 2.75) is 31.2 Å². The Morgan fingerprint density at radius 3 is 2.37 bits per heavy atom. The average Bonchev–Trinajstić information content (AvgIpc) is 2.87. The number of hydrogen-bond acceptors (Lipinski definition) is 5. The number of piperidine rings is 1. The number of rotatable bonds is 2. The molecule has 3 heterocycles. The quantitative estimate of drug-likeness (QED) is 0.854. The fourth-order valence-corrected chi connectivity index (χ4v) is 3.01. The summed E-state index contributed by atoms with van der Waals surface area (Å²) < 4.78 is 0. The van der Waals surface area contributed by atoms with E-state index in [-0.39, 0.29) is 0 Å². The van der Waals surface area contributed by atoms with E-state index < -0.39 is 0 Å². The second-order valence-corrected chi connectivity index (χ2v) is 5.89. The van der Waals surface area contributed by atoms with Crippen molar-refractivity contribution in [1.29, 1.82) is 0 Å². The highest BCUT2D eigenvalue weighted by Gasteiger charge is 2.23. The summed E-state index contributed by atoms with van der Waals surface area (Å²) in [5, 5.41) is 0. The maximum Gasteiger partial charge on any atom is 0.225 e. The van der Waals surface area contributed by atoms with Crippen molar-refractivity contribution in [3.63, 3.8) is 0 Å². The maximum absolute atomic E-state index is 5.92. The van der Waals surface area contributed by atoms with Crippen LogP contribution >= 0.6 is 0 Å². The predicted octanol–water partition coefficient (Wildman–Crippen LogP) is 0.823. The van der Waals surface area contributed by atoms with Gasteiger partial charge in [-0.15, -0.1) is 0 Å². The van der Waals surface area contributed by atoms with Gasteiger partial charge in [0.2, 0.25) is 5.95 Å². The molecule has 2 fully saturated rings. The van der Waals surface area contributed by atoms with Crippen LogP contribution in [-0.2, 0) is 0 Å². The van der Waals surface area contributed by atoms with Crippen LogP contribution < -0.4 is 10.6 Å². The lowest BCUT2D eigenvalue weighted by molar-refractivity contribution is 0.411. The summed E-state index contributed by atoms with van der Waals surface area (Å²) in [6.07, 6.45) is 7.33. The zero-order valence-corrected chi connectivity index (χ0v) is 11.6. The van der Waals surface area contributed by atoms with E-state index in [1.807, 2.05) is 12.4 Å². The first-order chi connectivity index (χ1) is 9.22. The smallest absolute Gasteiger partial charge is 0.225 e. The molecule has 5 nitrogen and oxygen atoms in total. The third kappa shape index (κ3) is 2.87. The number of nitrogens with zero attached hydrogens (tertiary/aromatic N) is 4. The van der Waals surface area contributed by atoms with E-state index in [4.69, 9.17) is 5.73 Å². The van der Waals surface area contributed by atoms with Crippen molar-refractivity contribution in [1.82, 2.24) is 14.9 Å².